The van der Waals surface area contributed by atoms with Gasteiger partial charge in [-0.25, -0.2) is 0 Å². The Kier molecular flexibility index (Phi) is 1.55. The summed E-state index contributed by atoms with van der Waals surface area (Å²) in [5, 5.41) is 7.95. The second-order valence-corrected chi connectivity index (χ2v) is 2.66. The lowest BCUT2D eigenvalue weighted by Crippen LogP contribution is -2.04. The number of rotatable bonds is 1. The molecule has 2 aromatic heterocycles. The van der Waals surface area contributed by atoms with E-state index in [0.29, 0.717) is 6.54 Å². The molecule has 0 aliphatic carbocycles. The molecular formula is C8H10N4. The molecule has 0 bridgehead atoms. The largest absolute Gasteiger partial charge is 0.325 e. The molecule has 0 radical (unpaired) electrons. The molecule has 2 N–H and O–H groups in total. The zero-order valence-corrected chi connectivity index (χ0v) is 6.86. The molecule has 0 unspecified atom stereocenters. The maximum absolute atomic E-state index is 5.57. The molecule has 2 heterocycles. The Hall–Kier alpha value is -1.42. The van der Waals surface area contributed by atoms with E-state index in [9.17, 15) is 0 Å². The van der Waals surface area contributed by atoms with Crippen molar-refractivity contribution in [2.24, 2.45) is 5.73 Å². The quantitative estimate of drug-likeness (QED) is 0.664. The third-order valence-corrected chi connectivity index (χ3v) is 1.88. The Morgan fingerprint density at radius 1 is 1.42 bits per heavy atom. The van der Waals surface area contributed by atoms with Crippen LogP contribution in [-0.2, 0) is 6.54 Å². The molecule has 0 saturated carbocycles. The average molecular weight is 162 g/mol. The Morgan fingerprint density at radius 2 is 2.25 bits per heavy atom. The summed E-state index contributed by atoms with van der Waals surface area (Å²) in [5.41, 5.74) is 7.46. The molecule has 0 saturated heterocycles. The summed E-state index contributed by atoms with van der Waals surface area (Å²) in [6.07, 6.45) is 0. The number of hydrogen-bond acceptors (Lipinski definition) is 3. The van der Waals surface area contributed by atoms with Crippen molar-refractivity contribution in [2.45, 2.75) is 13.5 Å². The van der Waals surface area contributed by atoms with Gasteiger partial charge in [-0.3, -0.25) is 4.40 Å². The molecular weight excluding hydrogens is 152 g/mol. The van der Waals surface area contributed by atoms with Crippen LogP contribution in [-0.4, -0.2) is 14.6 Å². The van der Waals surface area contributed by atoms with Gasteiger partial charge in [0.1, 0.15) is 5.82 Å². The summed E-state index contributed by atoms with van der Waals surface area (Å²) in [6, 6.07) is 5.83. The fraction of sp³-hybridized carbons (Fsp3) is 0.250. The number of fused-ring (bicyclic) bond motifs is 1. The predicted octanol–water partition coefficient (Wildman–Crippen LogP) is 0.496. The van der Waals surface area contributed by atoms with Crippen LogP contribution in [0.3, 0.4) is 0 Å². The van der Waals surface area contributed by atoms with Gasteiger partial charge in [0, 0.05) is 12.2 Å². The lowest BCUT2D eigenvalue weighted by atomic mass is 10.3. The van der Waals surface area contributed by atoms with E-state index in [2.05, 4.69) is 10.2 Å². The van der Waals surface area contributed by atoms with Gasteiger partial charge in [0.2, 0.25) is 0 Å². The van der Waals surface area contributed by atoms with Crippen LogP contribution in [0.15, 0.2) is 18.2 Å². The van der Waals surface area contributed by atoms with Gasteiger partial charge in [-0.2, -0.15) is 0 Å². The zero-order valence-electron chi connectivity index (χ0n) is 6.86. The maximum atomic E-state index is 5.57. The van der Waals surface area contributed by atoms with Gasteiger partial charge in [0.05, 0.1) is 0 Å². The minimum absolute atomic E-state index is 0.510. The summed E-state index contributed by atoms with van der Waals surface area (Å²) in [4.78, 5) is 0. The average Bonchev–Trinajstić information content (AvgIpc) is 2.48. The summed E-state index contributed by atoms with van der Waals surface area (Å²) in [6.45, 7) is 2.43. The van der Waals surface area contributed by atoms with Gasteiger partial charge in [0.15, 0.2) is 5.65 Å². The standard InChI is InChI=1S/C8H10N4/c1-6-10-11-8-4-2-3-7(5-9)12(6)8/h2-4H,5,9H2,1H3. The molecule has 62 valence electrons. The monoisotopic (exact) mass is 162 g/mol. The number of aromatic nitrogens is 3. The summed E-state index contributed by atoms with van der Waals surface area (Å²) >= 11 is 0. The first-order valence-corrected chi connectivity index (χ1v) is 3.82. The smallest absolute Gasteiger partial charge is 0.161 e. The van der Waals surface area contributed by atoms with Crippen LogP contribution in [0.25, 0.3) is 5.65 Å². The molecule has 0 fully saturated rings. The molecule has 2 aromatic rings. The van der Waals surface area contributed by atoms with Gasteiger partial charge < -0.3 is 5.73 Å². The van der Waals surface area contributed by atoms with E-state index in [0.717, 1.165) is 17.2 Å². The van der Waals surface area contributed by atoms with E-state index in [-0.39, 0.29) is 0 Å². The van der Waals surface area contributed by atoms with Crippen LogP contribution in [0.5, 0.6) is 0 Å². The molecule has 0 aliphatic rings. The fourth-order valence-electron chi connectivity index (χ4n) is 1.32. The number of hydrogen-bond donors (Lipinski definition) is 1. The predicted molar refractivity (Wildman–Crippen MR) is 45.6 cm³/mol. The molecule has 4 heteroatoms. The highest BCUT2D eigenvalue weighted by Gasteiger charge is 2.02. The van der Waals surface area contributed by atoms with E-state index >= 15 is 0 Å². The number of pyridine rings is 1. The first-order chi connectivity index (χ1) is 5.83. The van der Waals surface area contributed by atoms with Crippen molar-refractivity contribution in [3.05, 3.63) is 29.7 Å². The third-order valence-electron chi connectivity index (χ3n) is 1.88. The van der Waals surface area contributed by atoms with Crippen LogP contribution >= 0.6 is 0 Å². The van der Waals surface area contributed by atoms with Gasteiger partial charge in [-0.1, -0.05) is 6.07 Å². The van der Waals surface area contributed by atoms with Crippen molar-refractivity contribution in [2.75, 3.05) is 0 Å². The molecule has 2 rings (SSSR count). The molecule has 0 aromatic carbocycles. The highest BCUT2D eigenvalue weighted by Crippen LogP contribution is 2.06. The first-order valence-electron chi connectivity index (χ1n) is 3.82. The Balaban J connectivity index is 2.84. The normalized spacial score (nSPS) is 10.8. The van der Waals surface area contributed by atoms with E-state index in [1.165, 1.54) is 0 Å². The zero-order chi connectivity index (χ0) is 8.55. The van der Waals surface area contributed by atoms with Gasteiger partial charge in [-0.15, -0.1) is 10.2 Å². The third kappa shape index (κ3) is 0.887. The van der Waals surface area contributed by atoms with Crippen molar-refractivity contribution >= 4 is 5.65 Å². The van der Waals surface area contributed by atoms with E-state index < -0.39 is 0 Å². The Labute approximate surface area is 70.0 Å². The van der Waals surface area contributed by atoms with Gasteiger partial charge in [0.25, 0.3) is 0 Å². The lowest BCUT2D eigenvalue weighted by molar-refractivity contribution is 0.905. The summed E-state index contributed by atoms with van der Waals surface area (Å²) < 4.78 is 1.96. The topological polar surface area (TPSA) is 56.2 Å². The Bertz CT molecular complexity index is 404. The molecule has 12 heavy (non-hydrogen) atoms. The Morgan fingerprint density at radius 3 is 3.00 bits per heavy atom. The highest BCUT2D eigenvalue weighted by molar-refractivity contribution is 5.39. The van der Waals surface area contributed by atoms with E-state index in [4.69, 9.17) is 5.73 Å². The minimum atomic E-state index is 0.510. The van der Waals surface area contributed by atoms with Crippen molar-refractivity contribution < 1.29 is 0 Å². The lowest BCUT2D eigenvalue weighted by Gasteiger charge is -2.01. The molecule has 4 nitrogen and oxygen atoms in total. The van der Waals surface area contributed by atoms with Crippen molar-refractivity contribution in [3.8, 4) is 0 Å². The fourth-order valence-corrected chi connectivity index (χ4v) is 1.32. The SMILES string of the molecule is Cc1nnc2cccc(CN)n12. The van der Waals surface area contributed by atoms with Crippen LogP contribution in [0.1, 0.15) is 11.5 Å². The first kappa shape index (κ1) is 7.24. The van der Waals surface area contributed by atoms with E-state index in [1.54, 1.807) is 0 Å². The second kappa shape index (κ2) is 2.57. The van der Waals surface area contributed by atoms with Crippen molar-refractivity contribution in [1.82, 2.24) is 14.6 Å². The van der Waals surface area contributed by atoms with Crippen molar-refractivity contribution in [3.63, 3.8) is 0 Å². The summed E-state index contributed by atoms with van der Waals surface area (Å²) in [5.74, 6) is 0.881. The second-order valence-electron chi connectivity index (χ2n) is 2.66. The number of nitrogens with zero attached hydrogens (tertiary/aromatic N) is 3. The number of aryl methyl sites for hydroxylation is 1. The molecule has 0 aliphatic heterocycles. The highest BCUT2D eigenvalue weighted by atomic mass is 15.2. The van der Waals surface area contributed by atoms with Gasteiger partial charge >= 0.3 is 0 Å². The molecule has 0 spiro atoms. The van der Waals surface area contributed by atoms with Crippen LogP contribution in [0, 0.1) is 6.92 Å². The molecule has 0 atom stereocenters. The van der Waals surface area contributed by atoms with Crippen LogP contribution in [0.4, 0.5) is 0 Å². The van der Waals surface area contributed by atoms with Crippen molar-refractivity contribution in [1.29, 1.82) is 0 Å². The number of nitrogens with two attached hydrogens (primary N) is 1. The summed E-state index contributed by atoms with van der Waals surface area (Å²) in [7, 11) is 0. The van der Waals surface area contributed by atoms with Crippen LogP contribution in [0.2, 0.25) is 0 Å². The minimum Gasteiger partial charge on any atom is -0.325 e. The van der Waals surface area contributed by atoms with Gasteiger partial charge in [-0.05, 0) is 19.1 Å². The maximum Gasteiger partial charge on any atom is 0.161 e. The van der Waals surface area contributed by atoms with Crippen LogP contribution < -0.4 is 5.73 Å². The van der Waals surface area contributed by atoms with E-state index in [1.807, 2.05) is 29.5 Å². The molecule has 0 amide bonds.